The molecule has 7 nitrogen and oxygen atoms in total. The van der Waals surface area contributed by atoms with Crippen molar-refractivity contribution in [2.45, 2.75) is 19.8 Å². The van der Waals surface area contributed by atoms with Gasteiger partial charge in [0.25, 0.3) is 0 Å². The maximum atomic E-state index is 12.7. The maximum Gasteiger partial charge on any atom is 0.343 e. The number of carbonyl (C=O) groups excluding carboxylic acids is 1. The van der Waals surface area contributed by atoms with Crippen LogP contribution in [0.2, 0.25) is 0 Å². The molecule has 0 amide bonds. The summed E-state index contributed by atoms with van der Waals surface area (Å²) in [6.07, 6.45) is 1.67. The van der Waals surface area contributed by atoms with Crippen molar-refractivity contribution in [1.29, 1.82) is 5.26 Å². The summed E-state index contributed by atoms with van der Waals surface area (Å²) < 4.78 is 22.5. The van der Waals surface area contributed by atoms with E-state index < -0.39 is 11.9 Å². The van der Waals surface area contributed by atoms with E-state index in [0.717, 1.165) is 11.1 Å². The number of hydrogen-bond acceptors (Lipinski definition) is 7. The second-order valence-corrected chi connectivity index (χ2v) is 8.91. The molecule has 0 aliphatic carbocycles. The zero-order valence-corrected chi connectivity index (χ0v) is 20.8. The lowest BCUT2D eigenvalue weighted by Gasteiger charge is -2.26. The molecule has 1 aliphatic heterocycles. The molecule has 3 aromatic carbocycles. The van der Waals surface area contributed by atoms with E-state index >= 15 is 0 Å². The van der Waals surface area contributed by atoms with E-state index in [1.165, 1.54) is 0 Å². The van der Waals surface area contributed by atoms with Crippen LogP contribution in [0.4, 0.5) is 0 Å². The van der Waals surface area contributed by atoms with Crippen LogP contribution in [0.1, 0.15) is 41.3 Å². The normalized spacial score (nSPS) is 14.3. The van der Waals surface area contributed by atoms with Crippen molar-refractivity contribution >= 4 is 5.97 Å². The average Bonchev–Trinajstić information content (AvgIpc) is 2.90. The van der Waals surface area contributed by atoms with Crippen molar-refractivity contribution in [3.63, 3.8) is 0 Å². The van der Waals surface area contributed by atoms with Crippen molar-refractivity contribution in [2.24, 2.45) is 11.7 Å². The lowest BCUT2D eigenvalue weighted by molar-refractivity contribution is 0.0734. The molecular weight excluding hydrogens is 468 g/mol. The SMILES string of the molecule is C=CCOc1ccc(C2C(C#N)=C(N)Oc3cc(OC(=O)c4ccc(OCC(C)C)cc4)ccc32)cc1. The van der Waals surface area contributed by atoms with E-state index in [9.17, 15) is 10.1 Å². The van der Waals surface area contributed by atoms with Crippen molar-refractivity contribution in [3.05, 3.63) is 108 Å². The van der Waals surface area contributed by atoms with Crippen molar-refractivity contribution in [2.75, 3.05) is 13.2 Å². The van der Waals surface area contributed by atoms with E-state index in [-0.39, 0.29) is 5.88 Å². The maximum absolute atomic E-state index is 12.7. The fourth-order valence-electron chi connectivity index (χ4n) is 3.87. The molecule has 2 N–H and O–H groups in total. The molecule has 0 bridgehead atoms. The fraction of sp³-hybridized carbons (Fsp3) is 0.200. The van der Waals surface area contributed by atoms with Crippen LogP contribution in [0, 0.1) is 17.2 Å². The topological polar surface area (TPSA) is 104 Å². The number of hydrogen-bond donors (Lipinski definition) is 1. The standard InChI is InChI=1S/C30H28N2O5/c1-4-15-34-22-9-5-20(6-10-22)28-25-14-13-24(16-27(25)37-29(32)26(28)17-31)36-30(33)21-7-11-23(12-8-21)35-18-19(2)3/h4-14,16,19,28H,1,15,18,32H2,2-3H3. The number of carbonyl (C=O) groups is 1. The molecule has 0 aromatic heterocycles. The van der Waals surface area contributed by atoms with Crippen molar-refractivity contribution in [1.82, 2.24) is 0 Å². The highest BCUT2D eigenvalue weighted by Gasteiger charge is 2.31. The first-order chi connectivity index (χ1) is 17.9. The molecule has 1 unspecified atom stereocenters. The molecule has 37 heavy (non-hydrogen) atoms. The second-order valence-electron chi connectivity index (χ2n) is 8.91. The first kappa shape index (κ1) is 25.4. The highest BCUT2D eigenvalue weighted by atomic mass is 16.5. The molecule has 0 fully saturated rings. The van der Waals surface area contributed by atoms with Gasteiger partial charge in [0.1, 0.15) is 41.2 Å². The minimum Gasteiger partial charge on any atom is -0.493 e. The van der Waals surface area contributed by atoms with Gasteiger partial charge in [0, 0.05) is 11.6 Å². The van der Waals surface area contributed by atoms with Gasteiger partial charge < -0.3 is 24.7 Å². The van der Waals surface area contributed by atoms with Crippen LogP contribution in [0.25, 0.3) is 0 Å². The highest BCUT2D eigenvalue weighted by Crippen LogP contribution is 2.43. The van der Waals surface area contributed by atoms with E-state index in [4.69, 9.17) is 24.7 Å². The van der Waals surface area contributed by atoms with Crippen LogP contribution < -0.4 is 24.7 Å². The van der Waals surface area contributed by atoms with Gasteiger partial charge in [-0.25, -0.2) is 4.79 Å². The molecule has 3 aromatic rings. The van der Waals surface area contributed by atoms with Crippen LogP contribution >= 0.6 is 0 Å². The Kier molecular flexibility index (Phi) is 7.80. The van der Waals surface area contributed by atoms with Gasteiger partial charge in [-0.15, -0.1) is 0 Å². The van der Waals surface area contributed by atoms with E-state index in [1.54, 1.807) is 48.5 Å². The average molecular weight is 497 g/mol. The monoisotopic (exact) mass is 496 g/mol. The van der Waals surface area contributed by atoms with Gasteiger partial charge in [-0.2, -0.15) is 5.26 Å². The molecule has 4 rings (SSSR count). The summed E-state index contributed by atoms with van der Waals surface area (Å²) in [6.45, 7) is 8.77. The third-order valence-electron chi connectivity index (χ3n) is 5.66. The Bertz CT molecular complexity index is 1350. The molecule has 0 spiro atoms. The third kappa shape index (κ3) is 5.93. The van der Waals surface area contributed by atoms with Gasteiger partial charge in [-0.1, -0.05) is 44.7 Å². The van der Waals surface area contributed by atoms with Gasteiger partial charge in [-0.3, -0.25) is 0 Å². The predicted molar refractivity (Wildman–Crippen MR) is 140 cm³/mol. The lowest BCUT2D eigenvalue weighted by Crippen LogP contribution is -2.21. The molecular formula is C30H28N2O5. The first-order valence-electron chi connectivity index (χ1n) is 11.9. The second kappa shape index (κ2) is 11.4. The predicted octanol–water partition coefficient (Wildman–Crippen LogP) is 5.72. The molecule has 0 radical (unpaired) electrons. The molecule has 1 aliphatic rings. The Hall–Kier alpha value is -4.70. The minimum atomic E-state index is -0.515. The van der Waals surface area contributed by atoms with Gasteiger partial charge in [-0.05, 0) is 53.9 Å². The molecule has 0 saturated heterocycles. The number of allylic oxidation sites excluding steroid dienone is 1. The zero-order chi connectivity index (χ0) is 26.4. The summed E-state index contributed by atoms with van der Waals surface area (Å²) in [6, 6.07) is 21.4. The fourth-order valence-corrected chi connectivity index (χ4v) is 3.87. The van der Waals surface area contributed by atoms with Crippen LogP contribution in [-0.4, -0.2) is 19.2 Å². The van der Waals surface area contributed by atoms with Crippen LogP contribution in [0.15, 0.2) is 90.8 Å². The Morgan fingerprint density at radius 3 is 2.35 bits per heavy atom. The Morgan fingerprint density at radius 1 is 1.05 bits per heavy atom. The van der Waals surface area contributed by atoms with Crippen LogP contribution in [0.3, 0.4) is 0 Å². The van der Waals surface area contributed by atoms with E-state index in [0.29, 0.717) is 53.3 Å². The number of ether oxygens (including phenoxy) is 4. The molecule has 1 heterocycles. The number of nitriles is 1. The molecule has 0 saturated carbocycles. The molecule has 1 atom stereocenters. The smallest absolute Gasteiger partial charge is 0.343 e. The zero-order valence-electron chi connectivity index (χ0n) is 20.8. The van der Waals surface area contributed by atoms with Gasteiger partial charge in [0.05, 0.1) is 18.1 Å². The summed E-state index contributed by atoms with van der Waals surface area (Å²) in [5.41, 5.74) is 8.38. The Morgan fingerprint density at radius 2 is 1.70 bits per heavy atom. The number of esters is 1. The number of fused-ring (bicyclic) bond motifs is 1. The summed E-state index contributed by atoms with van der Waals surface area (Å²) >= 11 is 0. The third-order valence-corrected chi connectivity index (χ3v) is 5.66. The number of benzene rings is 3. The summed E-state index contributed by atoms with van der Waals surface area (Å²) in [5, 5.41) is 9.79. The molecule has 188 valence electrons. The number of nitrogens with two attached hydrogens (primary N) is 1. The number of nitrogens with zero attached hydrogens (tertiary/aromatic N) is 1. The first-order valence-corrected chi connectivity index (χ1v) is 11.9. The van der Waals surface area contributed by atoms with E-state index in [2.05, 4.69) is 26.5 Å². The van der Waals surface area contributed by atoms with Gasteiger partial charge in [0.15, 0.2) is 0 Å². The van der Waals surface area contributed by atoms with E-state index in [1.807, 2.05) is 24.3 Å². The van der Waals surface area contributed by atoms with Crippen LogP contribution in [0.5, 0.6) is 23.0 Å². The highest BCUT2D eigenvalue weighted by molar-refractivity contribution is 5.91. The Labute approximate surface area is 216 Å². The summed E-state index contributed by atoms with van der Waals surface area (Å²) in [4.78, 5) is 12.7. The molecule has 7 heteroatoms. The van der Waals surface area contributed by atoms with Crippen molar-refractivity contribution in [3.8, 4) is 29.1 Å². The Balaban J connectivity index is 1.54. The van der Waals surface area contributed by atoms with Gasteiger partial charge in [0.2, 0.25) is 5.88 Å². The van der Waals surface area contributed by atoms with Crippen LogP contribution in [-0.2, 0) is 0 Å². The minimum absolute atomic E-state index is 0.00690. The quantitative estimate of drug-likeness (QED) is 0.229. The number of rotatable bonds is 9. The summed E-state index contributed by atoms with van der Waals surface area (Å²) in [7, 11) is 0. The lowest BCUT2D eigenvalue weighted by atomic mass is 9.83. The largest absolute Gasteiger partial charge is 0.493 e. The summed E-state index contributed by atoms with van der Waals surface area (Å²) in [5.74, 6) is 1.54. The van der Waals surface area contributed by atoms with Gasteiger partial charge >= 0.3 is 5.97 Å². The van der Waals surface area contributed by atoms with Crippen molar-refractivity contribution < 1.29 is 23.7 Å².